The Morgan fingerprint density at radius 1 is 0.656 bits per heavy atom. The minimum absolute atomic E-state index is 0.0153. The van der Waals surface area contributed by atoms with Crippen molar-refractivity contribution >= 4 is 79.2 Å². The highest BCUT2D eigenvalue weighted by molar-refractivity contribution is 14.1. The van der Waals surface area contributed by atoms with Crippen LogP contribution in [0.5, 0.6) is 17.2 Å². The van der Waals surface area contributed by atoms with E-state index in [1.807, 2.05) is 76.4 Å². The van der Waals surface area contributed by atoms with Crippen LogP contribution in [0.4, 0.5) is 60.7 Å². The number of nitrogens with one attached hydrogen (secondary N) is 2. The number of nitrogens with zero attached hydrogens (tertiary/aromatic N) is 10. The summed E-state index contributed by atoms with van der Waals surface area (Å²) in [5.41, 5.74) is 6.53. The molecule has 9 aromatic rings. The number of halogens is 10. The molecule has 31 heteroatoms. The van der Waals surface area contributed by atoms with Gasteiger partial charge in [-0.2, -0.15) is 44.8 Å². The molecular formula is C65H79F9IN13O8. The molecule has 0 radical (unpaired) electrons. The van der Waals surface area contributed by atoms with Crippen LogP contribution in [0.3, 0.4) is 0 Å². The van der Waals surface area contributed by atoms with Gasteiger partial charge in [0, 0.05) is 77.0 Å². The van der Waals surface area contributed by atoms with E-state index in [9.17, 15) is 49.1 Å². The highest BCUT2D eigenvalue weighted by atomic mass is 127. The number of amides is 3. The first kappa shape index (κ1) is 77.8. The molecular weight excluding hydrogens is 1390 g/mol. The van der Waals surface area contributed by atoms with E-state index in [1.54, 1.807) is 57.0 Å². The predicted octanol–water partition coefficient (Wildman–Crippen LogP) is 16.1. The van der Waals surface area contributed by atoms with Crippen LogP contribution in [0.15, 0.2) is 105 Å². The van der Waals surface area contributed by atoms with Crippen LogP contribution >= 0.6 is 22.6 Å². The van der Waals surface area contributed by atoms with Crippen LogP contribution < -0.4 is 30.6 Å². The van der Waals surface area contributed by atoms with Crippen LogP contribution in [-0.2, 0) is 37.8 Å². The zero-order valence-electron chi connectivity index (χ0n) is 55.6. The first-order valence-corrected chi connectivity index (χ1v) is 31.7. The van der Waals surface area contributed by atoms with Crippen molar-refractivity contribution in [2.24, 2.45) is 0 Å². The van der Waals surface area contributed by atoms with Crippen molar-refractivity contribution in [2.45, 2.75) is 118 Å². The smallest absolute Gasteiger partial charge is 0.437 e. The Morgan fingerprint density at radius 2 is 1.05 bits per heavy atom. The number of pyridine rings is 2. The number of rotatable bonds is 22. The number of nitrogen functional groups attached to an aromatic ring is 1. The topological polar surface area (TPSA) is 264 Å². The normalized spacial score (nSPS) is 11.2. The SMILES string of the molecule is CC#N.CCCc1c(OCCCN(C)C(=O)Nc2ccc(C)cn2)ccc2c(C(F)(F)F)noc12.CCCc1c(OCCCN(C)C(=O)n2ccnc2)ccc2c(C(F)(F)F)noc12.CCCc1c(OCCCNC)ccc2c(C(F)(F)F)noc12.Cc1ccc(N)nc1.[2H]CI. The van der Waals surface area contributed by atoms with Gasteiger partial charge in [0.1, 0.15) is 35.2 Å². The van der Waals surface area contributed by atoms with E-state index in [-0.39, 0.29) is 51.6 Å². The van der Waals surface area contributed by atoms with Crippen molar-refractivity contribution in [1.82, 2.24) is 50.1 Å². The fourth-order valence-electron chi connectivity index (χ4n) is 8.99. The zero-order chi connectivity index (χ0) is 71.9. The lowest BCUT2D eigenvalue weighted by Crippen LogP contribution is -2.33. The van der Waals surface area contributed by atoms with Crippen molar-refractivity contribution in [1.29, 1.82) is 5.26 Å². The van der Waals surface area contributed by atoms with E-state index < -0.39 is 35.6 Å². The van der Waals surface area contributed by atoms with Gasteiger partial charge in [-0.1, -0.05) is 90.2 Å². The summed E-state index contributed by atoms with van der Waals surface area (Å²) in [6.45, 7) is 13.8. The third kappa shape index (κ3) is 23.8. The van der Waals surface area contributed by atoms with E-state index >= 15 is 0 Å². The predicted molar refractivity (Wildman–Crippen MR) is 354 cm³/mol. The first-order valence-electron chi connectivity index (χ1n) is 30.8. The fourth-order valence-corrected chi connectivity index (χ4v) is 8.99. The highest BCUT2D eigenvalue weighted by Gasteiger charge is 2.40. The van der Waals surface area contributed by atoms with E-state index in [1.165, 1.54) is 64.1 Å². The summed E-state index contributed by atoms with van der Waals surface area (Å²) in [7, 11) is 5.18. The lowest BCUT2D eigenvalue weighted by atomic mass is 10.0. The maximum atomic E-state index is 13.1. The Hall–Kier alpha value is -8.93. The standard InChI is InChI=1S/C22H25F3N4O3.C19H21F3N4O3.C15H19F3N2O2.C6H8N2.C2H3N.CH3I/c1-4-6-15-17(9-8-16-19(15)32-28-20(16)22(23,24)25)31-12-5-11-29(3)21(30)27-18-10-7-14(2)13-26-18;1-3-5-13-15(7-6-14-16(13)29-24-17(14)19(20,21)22)28-11-4-9-25(2)18(27)26-10-8-23-12-26;1-3-5-10-12(21-9-4-8-19-2)7-6-11-13(10)22-20-14(11)15(16,17)18;1-5-2-3-6(7)8-4-5;1-2-3;1-2/h7-10,13H,4-6,11-12H2,1-3H3,(H,26,27,30);6-8,10,12H,3-5,9,11H2,1-2H3;6-7,19H,3-5,8-9H2,1-2H3;2-4H,1H3,(H2,7,8);1H3;1H3/i;;;;;1D. The molecule has 6 aromatic heterocycles. The molecule has 522 valence electrons. The minimum Gasteiger partial charge on any atom is -0.493 e. The highest BCUT2D eigenvalue weighted by Crippen LogP contribution is 2.41. The molecule has 21 nitrogen and oxygen atoms in total. The lowest BCUT2D eigenvalue weighted by molar-refractivity contribution is -0.142. The monoisotopic (exact) mass is 1470 g/mol. The van der Waals surface area contributed by atoms with Gasteiger partial charge in [0.05, 0.1) is 42.0 Å². The molecule has 0 aliphatic carbocycles. The number of nitriles is 1. The molecule has 3 aromatic carbocycles. The number of fused-ring (bicyclic) bond motifs is 3. The maximum Gasteiger partial charge on any atom is 0.437 e. The van der Waals surface area contributed by atoms with Gasteiger partial charge in [0.15, 0.2) is 33.8 Å². The molecule has 4 N–H and O–H groups in total. The number of carbonyl (C=O) groups excluding carboxylic acids is 2. The second-order valence-corrected chi connectivity index (χ2v) is 21.0. The van der Waals surface area contributed by atoms with Gasteiger partial charge in [0.2, 0.25) is 0 Å². The number of nitrogens with two attached hydrogens (primary N) is 1. The van der Waals surface area contributed by atoms with Gasteiger partial charge in [-0.3, -0.25) is 9.88 Å². The molecule has 0 aliphatic heterocycles. The number of imidazole rings is 1. The molecule has 6 heterocycles. The summed E-state index contributed by atoms with van der Waals surface area (Å²) < 4.78 is 157. The van der Waals surface area contributed by atoms with Crippen molar-refractivity contribution in [3.8, 4) is 23.3 Å². The lowest BCUT2D eigenvalue weighted by Gasteiger charge is -2.18. The Morgan fingerprint density at radius 3 is 1.39 bits per heavy atom. The molecule has 0 aliphatic rings. The van der Waals surface area contributed by atoms with E-state index in [0.29, 0.717) is 122 Å². The summed E-state index contributed by atoms with van der Waals surface area (Å²) >= 11 is 1.96. The fraction of sp³-hybridized carbons (Fsp3) is 0.431. The van der Waals surface area contributed by atoms with Gasteiger partial charge in [-0.15, -0.1) is 0 Å². The third-order valence-corrected chi connectivity index (χ3v) is 13.5. The number of ether oxygens (including phenoxy) is 3. The molecule has 9 rings (SSSR count). The van der Waals surface area contributed by atoms with Crippen molar-refractivity contribution in [3.63, 3.8) is 0 Å². The van der Waals surface area contributed by atoms with Crippen LogP contribution in [0.2, 0.25) is 0 Å². The summed E-state index contributed by atoms with van der Waals surface area (Å²) in [4.78, 5) is 39.7. The number of carbonyl (C=O) groups is 2. The average Bonchev–Trinajstić information content (AvgIpc) is 1.67. The van der Waals surface area contributed by atoms with E-state index in [2.05, 4.69) is 41.1 Å². The minimum atomic E-state index is -4.59. The van der Waals surface area contributed by atoms with Crippen LogP contribution in [0, 0.1) is 25.2 Å². The van der Waals surface area contributed by atoms with Crippen LogP contribution in [-0.4, -0.2) is 122 Å². The van der Waals surface area contributed by atoms with Crippen molar-refractivity contribution < 1.29 is 78.3 Å². The molecule has 0 saturated heterocycles. The third-order valence-electron chi connectivity index (χ3n) is 13.5. The second kappa shape index (κ2) is 39.2. The molecule has 0 bridgehead atoms. The molecule has 0 atom stereocenters. The number of aromatic nitrogens is 7. The summed E-state index contributed by atoms with van der Waals surface area (Å²) in [5.74, 6) is 2.53. The van der Waals surface area contributed by atoms with Crippen molar-refractivity contribution in [3.05, 3.63) is 137 Å². The average molecular weight is 1470 g/mol. The molecule has 0 fully saturated rings. The van der Waals surface area contributed by atoms with Crippen LogP contribution in [0.25, 0.3) is 32.9 Å². The summed E-state index contributed by atoms with van der Waals surface area (Å²) in [6, 6.07) is 17.1. The molecule has 0 spiro atoms. The molecule has 96 heavy (non-hydrogen) atoms. The van der Waals surface area contributed by atoms with Gasteiger partial charge >= 0.3 is 30.6 Å². The van der Waals surface area contributed by atoms with Gasteiger partial charge in [0.25, 0.3) is 0 Å². The number of aryl methyl sites for hydroxylation is 5. The second-order valence-electron chi connectivity index (χ2n) is 21.0. The Bertz CT molecular complexity index is 3840. The molecule has 3 amide bonds. The Kier molecular flexibility index (Phi) is 31.7. The van der Waals surface area contributed by atoms with Gasteiger partial charge in [-0.25, -0.2) is 24.5 Å². The number of urea groups is 1. The quantitative estimate of drug-likeness (QED) is 0.0246. The molecule has 0 unspecified atom stereocenters. The number of anilines is 2. The van der Waals surface area contributed by atoms with E-state index in [0.717, 1.165) is 30.5 Å². The Balaban J connectivity index is 0.000000284. The number of alkyl halides is 10. The van der Waals surface area contributed by atoms with Crippen molar-refractivity contribution in [2.75, 3.05) is 76.6 Å². The number of benzene rings is 3. The summed E-state index contributed by atoms with van der Waals surface area (Å²) in [5, 5.41) is 22.5. The molecule has 0 saturated carbocycles. The van der Waals surface area contributed by atoms with Crippen LogP contribution in [0.1, 0.15) is 112 Å². The number of hydrogen-bond acceptors (Lipinski definition) is 17. The Labute approximate surface area is 564 Å². The van der Waals surface area contributed by atoms with E-state index in [4.69, 9.17) is 40.1 Å². The summed E-state index contributed by atoms with van der Waals surface area (Å²) in [6.07, 6.45) is -0.139. The van der Waals surface area contributed by atoms with Gasteiger partial charge in [-0.05, 0) is 131 Å². The first-order chi connectivity index (χ1) is 46.1. The number of hydrogen-bond donors (Lipinski definition) is 3. The largest absolute Gasteiger partial charge is 0.493 e. The zero-order valence-corrected chi connectivity index (χ0v) is 56.7. The van der Waals surface area contributed by atoms with Gasteiger partial charge < -0.3 is 48.6 Å². The maximum absolute atomic E-state index is 13.1.